The van der Waals surface area contributed by atoms with Crippen LogP contribution in [-0.2, 0) is 12.8 Å². The molecule has 0 unspecified atom stereocenters. The van der Waals surface area contributed by atoms with E-state index < -0.39 is 11.9 Å². The van der Waals surface area contributed by atoms with Crippen LogP contribution in [0.5, 0.6) is 11.6 Å². The van der Waals surface area contributed by atoms with Crippen LogP contribution in [-0.4, -0.2) is 10.1 Å². The first-order valence-electron chi connectivity index (χ1n) is 5.77. The van der Waals surface area contributed by atoms with E-state index in [0.717, 1.165) is 6.07 Å². The van der Waals surface area contributed by atoms with Gasteiger partial charge in [0.1, 0.15) is 11.4 Å². The number of aromatic nitrogens is 1. The highest BCUT2D eigenvalue weighted by atomic mass is 19.4. The zero-order valence-corrected chi connectivity index (χ0v) is 10.6. The van der Waals surface area contributed by atoms with E-state index in [1.807, 2.05) is 0 Å². The third-order valence-electron chi connectivity index (χ3n) is 2.55. The average molecular weight is 294 g/mol. The Balaban J connectivity index is 2.33. The summed E-state index contributed by atoms with van der Waals surface area (Å²) in [4.78, 5) is 6.57. The highest BCUT2D eigenvalue weighted by Gasteiger charge is 2.32. The van der Waals surface area contributed by atoms with E-state index in [4.69, 9.17) is 16.4 Å². The number of alkyl halides is 3. The molecule has 108 valence electrons. The standard InChI is InChI=1S/C14H9F3N2O2/c1-18-10-7-9(8-20)5-6-11(10)21-13-4-2-3-12(19-13)14(15,16)17/h2-7,20H,8H2. The van der Waals surface area contributed by atoms with Gasteiger partial charge in [-0.15, -0.1) is 0 Å². The third kappa shape index (κ3) is 3.49. The van der Waals surface area contributed by atoms with Crippen molar-refractivity contribution >= 4 is 5.69 Å². The monoisotopic (exact) mass is 294 g/mol. The molecule has 4 nitrogen and oxygen atoms in total. The fourth-order valence-corrected chi connectivity index (χ4v) is 1.58. The molecule has 0 atom stereocenters. The molecule has 0 aliphatic carbocycles. The first-order valence-corrected chi connectivity index (χ1v) is 5.77. The van der Waals surface area contributed by atoms with Crippen molar-refractivity contribution in [1.29, 1.82) is 0 Å². The molecule has 2 aromatic rings. The number of benzene rings is 1. The van der Waals surface area contributed by atoms with Crippen LogP contribution in [0.15, 0.2) is 36.4 Å². The van der Waals surface area contributed by atoms with Crippen molar-refractivity contribution in [1.82, 2.24) is 4.98 Å². The molecule has 0 spiro atoms. The number of halogens is 3. The number of hydrogen-bond acceptors (Lipinski definition) is 3. The molecular weight excluding hydrogens is 285 g/mol. The average Bonchev–Trinajstić information content (AvgIpc) is 2.47. The van der Waals surface area contributed by atoms with Gasteiger partial charge in [0, 0.05) is 6.07 Å². The molecule has 2 rings (SSSR count). The van der Waals surface area contributed by atoms with E-state index in [1.54, 1.807) is 0 Å². The number of aliphatic hydroxyl groups excluding tert-OH is 1. The Morgan fingerprint density at radius 1 is 1.24 bits per heavy atom. The van der Waals surface area contributed by atoms with Crippen LogP contribution in [0.25, 0.3) is 4.85 Å². The minimum Gasteiger partial charge on any atom is -0.450 e. The van der Waals surface area contributed by atoms with Gasteiger partial charge in [-0.25, -0.2) is 9.83 Å². The molecule has 7 heteroatoms. The van der Waals surface area contributed by atoms with Crippen LogP contribution in [0.4, 0.5) is 18.9 Å². The van der Waals surface area contributed by atoms with E-state index in [2.05, 4.69) is 9.83 Å². The highest BCUT2D eigenvalue weighted by molar-refractivity contribution is 5.59. The maximum absolute atomic E-state index is 12.6. The van der Waals surface area contributed by atoms with Gasteiger partial charge >= 0.3 is 6.18 Å². The molecule has 1 N–H and O–H groups in total. The van der Waals surface area contributed by atoms with E-state index in [1.165, 1.54) is 30.3 Å². The Bertz CT molecular complexity index is 693. The smallest absolute Gasteiger partial charge is 0.433 e. The van der Waals surface area contributed by atoms with Gasteiger partial charge in [-0.05, 0) is 23.8 Å². The molecule has 0 bridgehead atoms. The van der Waals surface area contributed by atoms with E-state index in [0.29, 0.717) is 5.56 Å². The van der Waals surface area contributed by atoms with E-state index in [-0.39, 0.29) is 23.9 Å². The van der Waals surface area contributed by atoms with Crippen molar-refractivity contribution in [3.63, 3.8) is 0 Å². The second kappa shape index (κ2) is 5.81. The molecule has 21 heavy (non-hydrogen) atoms. The molecule has 1 aromatic heterocycles. The zero-order chi connectivity index (χ0) is 15.5. The van der Waals surface area contributed by atoms with E-state index >= 15 is 0 Å². The van der Waals surface area contributed by atoms with Gasteiger partial charge in [0.2, 0.25) is 11.6 Å². The Morgan fingerprint density at radius 2 is 2.00 bits per heavy atom. The van der Waals surface area contributed by atoms with Gasteiger partial charge in [-0.3, -0.25) is 0 Å². The fraction of sp³-hybridized carbons (Fsp3) is 0.143. The lowest BCUT2D eigenvalue weighted by Gasteiger charge is -2.10. The Labute approximate surface area is 118 Å². The quantitative estimate of drug-likeness (QED) is 0.872. The summed E-state index contributed by atoms with van der Waals surface area (Å²) in [7, 11) is 0. The lowest BCUT2D eigenvalue weighted by Crippen LogP contribution is -2.07. The second-order valence-corrected chi connectivity index (χ2v) is 4.03. The molecule has 1 aromatic carbocycles. The Hall–Kier alpha value is -2.59. The number of hydrogen-bond donors (Lipinski definition) is 1. The SMILES string of the molecule is [C-]#[N+]c1cc(CO)ccc1Oc1cccc(C(F)(F)F)n1. The lowest BCUT2D eigenvalue weighted by molar-refractivity contribution is -0.141. The molecule has 0 fully saturated rings. The number of aliphatic hydroxyl groups is 1. The van der Waals surface area contributed by atoms with Crippen molar-refractivity contribution < 1.29 is 23.0 Å². The molecule has 0 saturated heterocycles. The van der Waals surface area contributed by atoms with Crippen molar-refractivity contribution in [3.8, 4) is 11.6 Å². The summed E-state index contributed by atoms with van der Waals surface area (Å²) in [5.41, 5.74) is -0.484. The molecule has 0 amide bonds. The molecule has 0 aliphatic heterocycles. The summed E-state index contributed by atoms with van der Waals surface area (Å²) in [5.74, 6) is -0.180. The minimum atomic E-state index is -4.57. The van der Waals surface area contributed by atoms with E-state index in [9.17, 15) is 13.2 Å². The second-order valence-electron chi connectivity index (χ2n) is 4.03. The summed E-state index contributed by atoms with van der Waals surface area (Å²) >= 11 is 0. The summed E-state index contributed by atoms with van der Waals surface area (Å²) in [5, 5.41) is 8.98. The molecule has 0 aliphatic rings. The first kappa shape index (κ1) is 14.8. The normalized spacial score (nSPS) is 11.0. The van der Waals surface area contributed by atoms with Gasteiger partial charge in [0.15, 0.2) is 0 Å². The Kier molecular flexibility index (Phi) is 4.10. The summed E-state index contributed by atoms with van der Waals surface area (Å²) in [6, 6.07) is 7.58. The van der Waals surface area contributed by atoms with Gasteiger partial charge in [0.25, 0.3) is 0 Å². The topological polar surface area (TPSA) is 46.7 Å². The summed E-state index contributed by atoms with van der Waals surface area (Å²) in [6.07, 6.45) is -4.57. The van der Waals surface area contributed by atoms with Crippen molar-refractivity contribution in [3.05, 3.63) is 59.1 Å². The first-order chi connectivity index (χ1) is 9.94. The van der Waals surface area contributed by atoms with Crippen molar-refractivity contribution in [2.45, 2.75) is 12.8 Å². The maximum Gasteiger partial charge on any atom is 0.433 e. The van der Waals surface area contributed by atoms with Crippen LogP contribution in [0.3, 0.4) is 0 Å². The molecule has 0 radical (unpaired) electrons. The predicted molar refractivity (Wildman–Crippen MR) is 67.9 cm³/mol. The van der Waals surface area contributed by atoms with Crippen LogP contribution in [0, 0.1) is 6.57 Å². The summed E-state index contributed by atoms with van der Waals surface area (Å²) in [6.45, 7) is 6.78. The van der Waals surface area contributed by atoms with Gasteiger partial charge in [-0.2, -0.15) is 13.2 Å². The number of pyridine rings is 1. The zero-order valence-electron chi connectivity index (χ0n) is 10.6. The molecule has 1 heterocycles. The minimum absolute atomic E-state index is 0.0778. The van der Waals surface area contributed by atoms with Gasteiger partial charge in [0.05, 0.1) is 13.2 Å². The number of rotatable bonds is 3. The Morgan fingerprint density at radius 3 is 2.62 bits per heavy atom. The van der Waals surface area contributed by atoms with Gasteiger partial charge < -0.3 is 9.84 Å². The number of nitrogens with zero attached hydrogens (tertiary/aromatic N) is 2. The third-order valence-corrected chi connectivity index (χ3v) is 2.55. The van der Waals surface area contributed by atoms with Crippen LogP contribution < -0.4 is 4.74 Å². The molecule has 0 saturated carbocycles. The van der Waals surface area contributed by atoms with Gasteiger partial charge in [-0.1, -0.05) is 12.1 Å². The highest BCUT2D eigenvalue weighted by Crippen LogP contribution is 2.34. The van der Waals surface area contributed by atoms with Crippen molar-refractivity contribution in [2.24, 2.45) is 0 Å². The predicted octanol–water partition coefficient (Wildman–Crippen LogP) is 3.94. The van der Waals surface area contributed by atoms with Crippen molar-refractivity contribution in [2.75, 3.05) is 0 Å². The van der Waals surface area contributed by atoms with Crippen LogP contribution in [0.2, 0.25) is 0 Å². The fourth-order valence-electron chi connectivity index (χ4n) is 1.58. The lowest BCUT2D eigenvalue weighted by atomic mass is 10.2. The number of ether oxygens (including phenoxy) is 1. The summed E-state index contributed by atoms with van der Waals surface area (Å²) < 4.78 is 42.9. The van der Waals surface area contributed by atoms with Crippen LogP contribution in [0.1, 0.15) is 11.3 Å². The molecular formula is C14H9F3N2O2. The maximum atomic E-state index is 12.6. The van der Waals surface area contributed by atoms with Crippen LogP contribution >= 0.6 is 0 Å². The largest absolute Gasteiger partial charge is 0.450 e.